The molecule has 0 saturated heterocycles. The topological polar surface area (TPSA) is 105 Å². The highest BCUT2D eigenvalue weighted by molar-refractivity contribution is 5.65. The summed E-state index contributed by atoms with van der Waals surface area (Å²) in [6.07, 6.45) is -2.25. The molecule has 0 atom stereocenters. The van der Waals surface area contributed by atoms with Gasteiger partial charge in [0.05, 0.1) is 12.3 Å². The molecule has 1 rings (SSSR count). The smallest absolute Gasteiger partial charge is 0.404 e. The molecule has 1 aromatic carbocycles. The summed E-state index contributed by atoms with van der Waals surface area (Å²) < 4.78 is 48.2. The molecule has 98 valence electrons. The summed E-state index contributed by atoms with van der Waals surface area (Å²) in [6, 6.07) is -2.70. The van der Waals surface area contributed by atoms with Crippen molar-refractivity contribution in [3.63, 3.8) is 0 Å². The predicted octanol–water partition coefficient (Wildman–Crippen LogP) is 1.13. The summed E-state index contributed by atoms with van der Waals surface area (Å²) in [5, 5.41) is 0. The number of nitrogens with two attached hydrogens (primary N) is 2. The maximum atomic E-state index is 10.8. The van der Waals surface area contributed by atoms with Crippen molar-refractivity contribution < 1.29 is 25.9 Å². The lowest BCUT2D eigenvalue weighted by molar-refractivity contribution is 0.0817. The second kappa shape index (κ2) is 5.90. The zero-order chi connectivity index (χ0) is 17.9. The number of rotatable bonds is 5. The SMILES string of the molecule is [2H]c1c([2H])c([2H])c(C(C)(COC(N)=O)COC(N)=O)c([2H])c1[2H]. The highest BCUT2D eigenvalue weighted by Gasteiger charge is 2.30. The van der Waals surface area contributed by atoms with Crippen molar-refractivity contribution >= 4 is 12.2 Å². The van der Waals surface area contributed by atoms with E-state index in [1.165, 1.54) is 6.92 Å². The van der Waals surface area contributed by atoms with Gasteiger partial charge in [-0.2, -0.15) is 0 Å². The Kier molecular flexibility index (Phi) is 2.61. The minimum Gasteiger partial charge on any atom is -0.449 e. The van der Waals surface area contributed by atoms with E-state index in [4.69, 9.17) is 18.3 Å². The molecule has 4 N–H and O–H groups in total. The Bertz CT molecular complexity index is 606. The lowest BCUT2D eigenvalue weighted by atomic mass is 9.84. The average molecular weight is 257 g/mol. The second-order valence-corrected chi connectivity index (χ2v) is 3.78. The minimum absolute atomic E-state index is 0.175. The van der Waals surface area contributed by atoms with Crippen LogP contribution in [0.5, 0.6) is 0 Å². The van der Waals surface area contributed by atoms with E-state index in [0.29, 0.717) is 0 Å². The highest BCUT2D eigenvalue weighted by atomic mass is 16.6. The molecule has 0 aromatic heterocycles. The van der Waals surface area contributed by atoms with Crippen molar-refractivity contribution in [3.05, 3.63) is 35.8 Å². The van der Waals surface area contributed by atoms with Gasteiger partial charge in [-0.3, -0.25) is 0 Å². The third kappa shape index (κ3) is 3.97. The van der Waals surface area contributed by atoms with E-state index in [9.17, 15) is 9.59 Å². The van der Waals surface area contributed by atoms with Crippen LogP contribution in [0.15, 0.2) is 30.2 Å². The number of carbonyl (C=O) groups is 2. The molecule has 0 saturated carbocycles. The van der Waals surface area contributed by atoms with Crippen LogP contribution < -0.4 is 11.5 Å². The van der Waals surface area contributed by atoms with Crippen LogP contribution in [0.4, 0.5) is 9.59 Å². The van der Waals surface area contributed by atoms with Gasteiger partial charge in [0.25, 0.3) is 0 Å². The van der Waals surface area contributed by atoms with Crippen LogP contribution in [-0.4, -0.2) is 25.4 Å². The normalized spacial score (nSPS) is 14.6. The van der Waals surface area contributed by atoms with Gasteiger partial charge in [-0.15, -0.1) is 0 Å². The number of amides is 2. The Morgan fingerprint density at radius 3 is 2.00 bits per heavy atom. The Morgan fingerprint density at radius 2 is 1.61 bits per heavy atom. The van der Waals surface area contributed by atoms with E-state index < -0.39 is 61.0 Å². The molecule has 0 fully saturated rings. The maximum Gasteiger partial charge on any atom is 0.404 e. The molecule has 18 heavy (non-hydrogen) atoms. The van der Waals surface area contributed by atoms with Gasteiger partial charge in [0, 0.05) is 0 Å². The zero-order valence-corrected chi connectivity index (χ0v) is 9.70. The summed E-state index contributed by atoms with van der Waals surface area (Å²) in [5.74, 6) is 0. The molecule has 0 heterocycles. The fraction of sp³-hybridized carbons (Fsp3) is 0.333. The highest BCUT2D eigenvalue weighted by Crippen LogP contribution is 2.24. The summed E-state index contributed by atoms with van der Waals surface area (Å²) in [4.78, 5) is 21.7. The maximum absolute atomic E-state index is 10.8. The standard InChI is InChI=1S/C12H16N2O4/c1-12(7-17-10(13)15,8-18-11(14)16)9-5-3-2-4-6-9/h2-6H,7-8H2,1H3,(H2,13,15)(H2,14,16)/i2D,3D,4D,5D,6D. The molecular weight excluding hydrogens is 236 g/mol. The van der Waals surface area contributed by atoms with Crippen LogP contribution in [0, 0.1) is 0 Å². The summed E-state index contributed by atoms with van der Waals surface area (Å²) in [7, 11) is 0. The van der Waals surface area contributed by atoms with E-state index >= 15 is 0 Å². The number of benzene rings is 1. The Hall–Kier alpha value is -2.24. The molecule has 0 bridgehead atoms. The van der Waals surface area contributed by atoms with Gasteiger partial charge in [0.15, 0.2) is 0 Å². The molecule has 0 aliphatic heterocycles. The Labute approximate surface area is 112 Å². The number of ether oxygens (including phenoxy) is 2. The van der Waals surface area contributed by atoms with E-state index in [0.717, 1.165) is 0 Å². The number of carbonyl (C=O) groups excluding carboxylic acids is 2. The lowest BCUT2D eigenvalue weighted by Gasteiger charge is -2.28. The second-order valence-electron chi connectivity index (χ2n) is 3.78. The molecule has 2 amide bonds. The molecule has 6 nitrogen and oxygen atoms in total. The van der Waals surface area contributed by atoms with Crippen molar-refractivity contribution in [3.8, 4) is 0 Å². The summed E-state index contributed by atoms with van der Waals surface area (Å²) in [5.41, 5.74) is 8.20. The number of primary amides is 2. The van der Waals surface area contributed by atoms with Crippen LogP contribution in [-0.2, 0) is 14.9 Å². The van der Waals surface area contributed by atoms with Crippen molar-refractivity contribution in [1.29, 1.82) is 0 Å². The van der Waals surface area contributed by atoms with Gasteiger partial charge in [0.2, 0.25) is 0 Å². The molecule has 0 unspecified atom stereocenters. The van der Waals surface area contributed by atoms with Crippen LogP contribution in [0.3, 0.4) is 0 Å². The van der Waals surface area contributed by atoms with Crippen LogP contribution in [0.1, 0.15) is 19.3 Å². The zero-order valence-electron chi connectivity index (χ0n) is 14.7. The van der Waals surface area contributed by atoms with Crippen molar-refractivity contribution in [1.82, 2.24) is 0 Å². The molecule has 1 aromatic rings. The minimum atomic E-state index is -1.43. The van der Waals surface area contributed by atoms with Gasteiger partial charge in [-0.05, 0) is 12.5 Å². The molecule has 0 spiro atoms. The molecule has 6 heteroatoms. The molecular formula is C12H16N2O4. The van der Waals surface area contributed by atoms with Gasteiger partial charge >= 0.3 is 12.2 Å². The Morgan fingerprint density at radius 1 is 1.17 bits per heavy atom. The fourth-order valence-corrected chi connectivity index (χ4v) is 1.20. The first-order valence-corrected chi connectivity index (χ1v) is 4.93. The summed E-state index contributed by atoms with van der Waals surface area (Å²) >= 11 is 0. The van der Waals surface area contributed by atoms with Crippen molar-refractivity contribution in [2.24, 2.45) is 11.5 Å². The van der Waals surface area contributed by atoms with Crippen LogP contribution >= 0.6 is 0 Å². The van der Waals surface area contributed by atoms with E-state index in [1.54, 1.807) is 0 Å². The van der Waals surface area contributed by atoms with E-state index in [2.05, 4.69) is 9.47 Å². The molecule has 0 aliphatic carbocycles. The number of hydrogen-bond acceptors (Lipinski definition) is 4. The lowest BCUT2D eigenvalue weighted by Crippen LogP contribution is -2.37. The van der Waals surface area contributed by atoms with Gasteiger partial charge in [-0.25, -0.2) is 9.59 Å². The van der Waals surface area contributed by atoms with E-state index in [-0.39, 0.29) is 5.56 Å². The molecule has 0 aliphatic rings. The predicted molar refractivity (Wildman–Crippen MR) is 64.9 cm³/mol. The monoisotopic (exact) mass is 257 g/mol. The third-order valence-corrected chi connectivity index (χ3v) is 2.17. The fourth-order valence-electron chi connectivity index (χ4n) is 1.20. The van der Waals surface area contributed by atoms with Gasteiger partial charge in [-0.1, -0.05) is 30.2 Å². The van der Waals surface area contributed by atoms with E-state index in [1.807, 2.05) is 0 Å². The average Bonchev–Trinajstić information content (AvgIpc) is 2.47. The van der Waals surface area contributed by atoms with Crippen molar-refractivity contribution in [2.45, 2.75) is 12.3 Å². The van der Waals surface area contributed by atoms with Gasteiger partial charge < -0.3 is 20.9 Å². The first-order chi connectivity index (χ1) is 10.5. The van der Waals surface area contributed by atoms with Crippen molar-refractivity contribution in [2.75, 3.05) is 13.2 Å². The molecule has 0 radical (unpaired) electrons. The van der Waals surface area contributed by atoms with Gasteiger partial charge in [0.1, 0.15) is 13.2 Å². The quantitative estimate of drug-likeness (QED) is 0.824. The first kappa shape index (κ1) is 7.97. The Balaban J connectivity index is 3.47. The summed E-state index contributed by atoms with van der Waals surface area (Å²) in [6.45, 7) is 0.458. The van der Waals surface area contributed by atoms with Crippen LogP contribution in [0.2, 0.25) is 0 Å². The van der Waals surface area contributed by atoms with Crippen LogP contribution in [0.25, 0.3) is 0 Å². The number of hydrogen-bond donors (Lipinski definition) is 2. The third-order valence-electron chi connectivity index (χ3n) is 2.17. The first-order valence-electron chi connectivity index (χ1n) is 7.43. The largest absolute Gasteiger partial charge is 0.449 e.